The number of amides is 1. The number of hydrogen-bond donors (Lipinski definition) is 3. The van der Waals surface area contributed by atoms with Crippen LogP contribution in [0.5, 0.6) is 0 Å². The number of halogens is 2. The fourth-order valence-corrected chi connectivity index (χ4v) is 4.00. The van der Waals surface area contributed by atoms with Gasteiger partial charge in [-0.1, -0.05) is 6.07 Å². The molecule has 11 heteroatoms. The number of carbonyl (C=O) groups excluding carboxylic acids is 1. The molecule has 0 saturated heterocycles. The molecule has 1 heterocycles. The maximum Gasteiger partial charge on any atom is 0.253 e. The van der Waals surface area contributed by atoms with E-state index in [-0.39, 0.29) is 27.9 Å². The van der Waals surface area contributed by atoms with E-state index in [9.17, 15) is 17.6 Å². The van der Waals surface area contributed by atoms with Crippen LogP contribution in [0.15, 0.2) is 58.0 Å². The highest BCUT2D eigenvalue weighted by Crippen LogP contribution is 2.28. The van der Waals surface area contributed by atoms with Crippen LogP contribution < -0.4 is 16.4 Å². The van der Waals surface area contributed by atoms with Crippen molar-refractivity contribution in [1.29, 1.82) is 0 Å². The molecule has 0 radical (unpaired) electrons. The van der Waals surface area contributed by atoms with Crippen LogP contribution in [0.3, 0.4) is 0 Å². The van der Waals surface area contributed by atoms with Crippen molar-refractivity contribution < 1.29 is 17.6 Å². The van der Waals surface area contributed by atoms with Crippen LogP contribution in [0.1, 0.15) is 24.2 Å². The molecule has 0 fully saturated rings. The van der Waals surface area contributed by atoms with Gasteiger partial charge in [0.25, 0.3) is 5.91 Å². The fourth-order valence-electron chi connectivity index (χ4n) is 2.65. The number of nitrogens with one attached hydrogen (secondary N) is 2. The molecule has 0 aliphatic heterocycles. The lowest BCUT2D eigenvalue weighted by Crippen LogP contribution is -2.16. The second-order valence-corrected chi connectivity index (χ2v) is 10.1. The second-order valence-electron chi connectivity index (χ2n) is 6.78. The minimum absolute atomic E-state index is 0.154. The molecule has 0 spiro atoms. The molecule has 0 atom stereocenters. The zero-order valence-corrected chi connectivity index (χ0v) is 19.0. The number of benzene rings is 2. The van der Waals surface area contributed by atoms with Gasteiger partial charge in [-0.2, -0.15) is 4.98 Å². The first-order chi connectivity index (χ1) is 14.6. The molecule has 162 valence electrons. The van der Waals surface area contributed by atoms with Crippen molar-refractivity contribution in [2.75, 3.05) is 10.6 Å². The van der Waals surface area contributed by atoms with Crippen LogP contribution in [0.2, 0.25) is 0 Å². The summed E-state index contributed by atoms with van der Waals surface area (Å²) in [5.41, 5.74) is 5.72. The molecular weight excluding hydrogens is 489 g/mol. The second kappa shape index (κ2) is 8.98. The van der Waals surface area contributed by atoms with Gasteiger partial charge in [-0.15, -0.1) is 0 Å². The summed E-state index contributed by atoms with van der Waals surface area (Å²) in [6.45, 7) is 3.24. The van der Waals surface area contributed by atoms with Crippen LogP contribution in [0.4, 0.5) is 27.5 Å². The maximum absolute atomic E-state index is 14.0. The quantitative estimate of drug-likeness (QED) is 0.438. The summed E-state index contributed by atoms with van der Waals surface area (Å²) in [4.78, 5) is 20.3. The number of nitrogens with two attached hydrogens (primary N) is 1. The van der Waals surface area contributed by atoms with Crippen molar-refractivity contribution in [3.8, 4) is 0 Å². The molecule has 4 N–H and O–H groups in total. The highest BCUT2D eigenvalue weighted by molar-refractivity contribution is 9.10. The minimum atomic E-state index is -3.37. The van der Waals surface area contributed by atoms with E-state index in [1.165, 1.54) is 30.5 Å². The van der Waals surface area contributed by atoms with Crippen molar-refractivity contribution >= 4 is 54.8 Å². The Labute approximate surface area is 187 Å². The molecule has 8 nitrogen and oxygen atoms in total. The van der Waals surface area contributed by atoms with E-state index < -0.39 is 26.8 Å². The van der Waals surface area contributed by atoms with Crippen molar-refractivity contribution in [3.63, 3.8) is 0 Å². The monoisotopic (exact) mass is 507 g/mol. The molecule has 31 heavy (non-hydrogen) atoms. The Hall–Kier alpha value is -3.05. The van der Waals surface area contributed by atoms with Crippen molar-refractivity contribution in [3.05, 3.63) is 64.5 Å². The molecular formula is C20H19BrFN5O3S. The number of carbonyl (C=O) groups is 1. The zero-order valence-electron chi connectivity index (χ0n) is 16.6. The van der Waals surface area contributed by atoms with Crippen LogP contribution >= 0.6 is 15.9 Å². The summed E-state index contributed by atoms with van der Waals surface area (Å²) in [7, 11) is -3.37. The smallest absolute Gasteiger partial charge is 0.253 e. The normalized spacial score (nSPS) is 11.4. The number of aromatic nitrogens is 2. The number of nitrogens with zero attached hydrogens (tertiary/aromatic N) is 2. The van der Waals surface area contributed by atoms with Gasteiger partial charge < -0.3 is 16.4 Å². The van der Waals surface area contributed by atoms with Gasteiger partial charge in [0.1, 0.15) is 11.6 Å². The third kappa shape index (κ3) is 5.00. The molecule has 1 amide bonds. The van der Waals surface area contributed by atoms with Gasteiger partial charge in [0, 0.05) is 11.9 Å². The number of rotatable bonds is 7. The minimum Gasteiger partial charge on any atom is -0.365 e. The van der Waals surface area contributed by atoms with Crippen LogP contribution in [0.25, 0.3) is 0 Å². The number of anilines is 4. The average Bonchev–Trinajstić information content (AvgIpc) is 2.70. The Bertz CT molecular complexity index is 1230. The van der Waals surface area contributed by atoms with E-state index in [2.05, 4.69) is 36.5 Å². The van der Waals surface area contributed by atoms with E-state index in [1.54, 1.807) is 26.0 Å². The van der Waals surface area contributed by atoms with Crippen molar-refractivity contribution in [2.45, 2.75) is 24.0 Å². The highest BCUT2D eigenvalue weighted by atomic mass is 79.9. The largest absolute Gasteiger partial charge is 0.365 e. The third-order valence-corrected chi connectivity index (χ3v) is 7.07. The van der Waals surface area contributed by atoms with E-state index >= 15 is 0 Å². The van der Waals surface area contributed by atoms with Gasteiger partial charge in [0.2, 0.25) is 5.95 Å². The topological polar surface area (TPSA) is 127 Å². The van der Waals surface area contributed by atoms with Crippen LogP contribution in [0, 0.1) is 5.82 Å². The SMILES string of the molecule is CC(C)S(=O)(=O)c1ccc(Nc2ncc(Br)c(Nc3cccc(F)c3C(N)=O)n2)cc1. The average molecular weight is 508 g/mol. The summed E-state index contributed by atoms with van der Waals surface area (Å²) >= 11 is 3.31. The van der Waals surface area contributed by atoms with E-state index in [0.29, 0.717) is 10.2 Å². The molecule has 0 unspecified atom stereocenters. The molecule has 0 aliphatic carbocycles. The molecule has 0 aliphatic rings. The van der Waals surface area contributed by atoms with Crippen LogP contribution in [-0.2, 0) is 9.84 Å². The Kier molecular flexibility index (Phi) is 6.56. The van der Waals surface area contributed by atoms with Gasteiger partial charge in [-0.25, -0.2) is 17.8 Å². The fraction of sp³-hybridized carbons (Fsp3) is 0.150. The lowest BCUT2D eigenvalue weighted by molar-refractivity contribution is 0.0997. The molecule has 3 aromatic rings. The lowest BCUT2D eigenvalue weighted by Gasteiger charge is -2.13. The lowest BCUT2D eigenvalue weighted by atomic mass is 10.1. The first-order valence-electron chi connectivity index (χ1n) is 9.08. The molecule has 0 saturated carbocycles. The zero-order chi connectivity index (χ0) is 22.8. The number of hydrogen-bond acceptors (Lipinski definition) is 7. The summed E-state index contributed by atoms with van der Waals surface area (Å²) in [5.74, 6) is -1.20. The Morgan fingerprint density at radius 2 is 1.81 bits per heavy atom. The van der Waals surface area contributed by atoms with Gasteiger partial charge in [0.15, 0.2) is 9.84 Å². The highest BCUT2D eigenvalue weighted by Gasteiger charge is 2.19. The van der Waals surface area contributed by atoms with Gasteiger partial charge in [0.05, 0.1) is 25.9 Å². The van der Waals surface area contributed by atoms with Crippen molar-refractivity contribution in [2.24, 2.45) is 5.73 Å². The van der Waals surface area contributed by atoms with E-state index in [4.69, 9.17) is 5.73 Å². The van der Waals surface area contributed by atoms with E-state index in [0.717, 1.165) is 6.07 Å². The Morgan fingerprint density at radius 3 is 2.42 bits per heavy atom. The molecule has 1 aromatic heterocycles. The van der Waals surface area contributed by atoms with E-state index in [1.807, 2.05) is 0 Å². The summed E-state index contributed by atoms with van der Waals surface area (Å²) in [6.07, 6.45) is 1.47. The first kappa shape index (κ1) is 22.6. The predicted octanol–water partition coefficient (Wildman–Crippen LogP) is 4.15. The van der Waals surface area contributed by atoms with Crippen molar-refractivity contribution in [1.82, 2.24) is 9.97 Å². The predicted molar refractivity (Wildman–Crippen MR) is 120 cm³/mol. The number of sulfone groups is 1. The van der Waals surface area contributed by atoms with Crippen LogP contribution in [-0.4, -0.2) is 29.5 Å². The Balaban J connectivity index is 1.86. The standard InChI is InChI=1S/C20H19BrFN5O3S/c1-11(2)31(29,30)13-8-6-12(7-9-13)25-20-24-10-14(21)19(27-20)26-16-5-3-4-15(22)17(16)18(23)28/h3-11H,1-2H3,(H2,23,28)(H2,24,25,26,27). The molecule has 0 bridgehead atoms. The van der Waals surface area contributed by atoms with Gasteiger partial charge in [-0.3, -0.25) is 4.79 Å². The summed E-state index contributed by atoms with van der Waals surface area (Å²) < 4.78 is 38.9. The maximum atomic E-state index is 14.0. The molecule has 3 rings (SSSR count). The third-order valence-electron chi connectivity index (χ3n) is 4.32. The molecule has 2 aromatic carbocycles. The first-order valence-corrected chi connectivity index (χ1v) is 11.4. The number of primary amides is 1. The summed E-state index contributed by atoms with van der Waals surface area (Å²) in [5, 5.41) is 5.32. The van der Waals surface area contributed by atoms with Gasteiger partial charge in [-0.05, 0) is 66.2 Å². The summed E-state index contributed by atoms with van der Waals surface area (Å²) in [6, 6.07) is 10.3. The van der Waals surface area contributed by atoms with Gasteiger partial charge >= 0.3 is 0 Å². The Morgan fingerprint density at radius 1 is 1.13 bits per heavy atom.